The van der Waals surface area contributed by atoms with Gasteiger partial charge in [-0.2, -0.15) is 5.10 Å². The molecule has 0 fully saturated rings. The molecular formula is C11H11N3O2. The zero-order chi connectivity index (χ0) is 11.5. The molecule has 0 saturated carbocycles. The van der Waals surface area contributed by atoms with Crippen molar-refractivity contribution in [1.82, 2.24) is 9.78 Å². The van der Waals surface area contributed by atoms with Gasteiger partial charge in [-0.15, -0.1) is 0 Å². The van der Waals surface area contributed by atoms with Crippen LogP contribution in [0.4, 0.5) is 5.82 Å². The fraction of sp³-hybridized carbons (Fsp3) is 0.0909. The van der Waals surface area contributed by atoms with Crippen LogP contribution in [0.15, 0.2) is 36.5 Å². The molecule has 0 atom stereocenters. The monoisotopic (exact) mass is 217 g/mol. The molecule has 0 aliphatic carbocycles. The lowest BCUT2D eigenvalue weighted by atomic mass is 10.2. The first kappa shape index (κ1) is 10.2. The molecule has 0 aliphatic heterocycles. The molecule has 2 aromatic rings. The van der Waals surface area contributed by atoms with Crippen LogP contribution in [0.25, 0.3) is 0 Å². The Bertz CT molecular complexity index is 505. The Morgan fingerprint density at radius 2 is 2.06 bits per heavy atom. The van der Waals surface area contributed by atoms with Gasteiger partial charge < -0.3 is 10.8 Å². The van der Waals surface area contributed by atoms with E-state index in [0.29, 0.717) is 6.54 Å². The summed E-state index contributed by atoms with van der Waals surface area (Å²) in [5.41, 5.74) is 6.56. The summed E-state index contributed by atoms with van der Waals surface area (Å²) in [7, 11) is 0. The molecule has 0 bridgehead atoms. The van der Waals surface area contributed by atoms with E-state index in [1.807, 2.05) is 30.3 Å². The van der Waals surface area contributed by atoms with Gasteiger partial charge in [0.05, 0.1) is 6.54 Å². The lowest BCUT2D eigenvalue weighted by Gasteiger charge is -2.00. The first-order valence-corrected chi connectivity index (χ1v) is 4.77. The number of nitrogen functional groups attached to an aromatic ring is 1. The highest BCUT2D eigenvalue weighted by Gasteiger charge is 2.12. The molecule has 0 unspecified atom stereocenters. The van der Waals surface area contributed by atoms with Crippen LogP contribution < -0.4 is 5.73 Å². The van der Waals surface area contributed by atoms with Crippen molar-refractivity contribution in [3.63, 3.8) is 0 Å². The molecule has 5 nitrogen and oxygen atoms in total. The van der Waals surface area contributed by atoms with Crippen molar-refractivity contribution in [1.29, 1.82) is 0 Å². The summed E-state index contributed by atoms with van der Waals surface area (Å²) in [6.07, 6.45) is 1.44. The normalized spacial score (nSPS) is 10.2. The van der Waals surface area contributed by atoms with Crippen molar-refractivity contribution in [2.45, 2.75) is 6.54 Å². The molecule has 0 radical (unpaired) electrons. The van der Waals surface area contributed by atoms with E-state index >= 15 is 0 Å². The molecule has 5 heteroatoms. The van der Waals surface area contributed by atoms with Crippen LogP contribution in [0.1, 0.15) is 15.9 Å². The van der Waals surface area contributed by atoms with E-state index in [1.54, 1.807) is 0 Å². The number of aromatic carboxylic acids is 1. The largest absolute Gasteiger partial charge is 0.477 e. The maximum Gasteiger partial charge on any atom is 0.341 e. The van der Waals surface area contributed by atoms with E-state index in [1.165, 1.54) is 10.9 Å². The summed E-state index contributed by atoms with van der Waals surface area (Å²) in [5, 5.41) is 12.8. The van der Waals surface area contributed by atoms with Gasteiger partial charge in [-0.1, -0.05) is 30.3 Å². The average Bonchev–Trinajstić information content (AvgIpc) is 2.61. The summed E-state index contributed by atoms with van der Waals surface area (Å²) in [4.78, 5) is 10.8. The number of nitrogens with two attached hydrogens (primary N) is 1. The van der Waals surface area contributed by atoms with Crippen LogP contribution in [0.5, 0.6) is 0 Å². The number of hydrogen-bond acceptors (Lipinski definition) is 3. The Labute approximate surface area is 92.1 Å². The van der Waals surface area contributed by atoms with Gasteiger partial charge in [0, 0.05) is 6.20 Å². The second-order valence-electron chi connectivity index (χ2n) is 3.42. The highest BCUT2D eigenvalue weighted by atomic mass is 16.4. The zero-order valence-electron chi connectivity index (χ0n) is 8.50. The third-order valence-corrected chi connectivity index (χ3v) is 2.21. The lowest BCUT2D eigenvalue weighted by Crippen LogP contribution is -2.00. The number of nitrogens with zero attached hydrogens (tertiary/aromatic N) is 2. The number of carboxylic acids is 1. The highest BCUT2D eigenvalue weighted by molar-refractivity contribution is 5.92. The Morgan fingerprint density at radius 1 is 1.38 bits per heavy atom. The third kappa shape index (κ3) is 2.03. The van der Waals surface area contributed by atoms with Gasteiger partial charge in [-0.25, -0.2) is 4.79 Å². The van der Waals surface area contributed by atoms with Gasteiger partial charge >= 0.3 is 5.97 Å². The molecule has 3 N–H and O–H groups in total. The van der Waals surface area contributed by atoms with Crippen LogP contribution in [0.2, 0.25) is 0 Å². The molecule has 1 heterocycles. The number of rotatable bonds is 3. The Balaban J connectivity index is 2.23. The van der Waals surface area contributed by atoms with E-state index < -0.39 is 5.97 Å². The predicted octanol–water partition coefficient (Wildman–Crippen LogP) is 1.21. The Hall–Kier alpha value is -2.30. The minimum Gasteiger partial charge on any atom is -0.477 e. The van der Waals surface area contributed by atoms with Gasteiger partial charge in [0.1, 0.15) is 5.56 Å². The molecule has 0 amide bonds. The van der Waals surface area contributed by atoms with Gasteiger partial charge in [0.25, 0.3) is 0 Å². The van der Waals surface area contributed by atoms with Gasteiger partial charge in [0.15, 0.2) is 5.82 Å². The predicted molar refractivity (Wildman–Crippen MR) is 59.1 cm³/mol. The number of carboxylic acid groups (broad SMARTS) is 1. The zero-order valence-corrected chi connectivity index (χ0v) is 8.50. The maximum absolute atomic E-state index is 10.8. The van der Waals surface area contributed by atoms with E-state index in [2.05, 4.69) is 5.10 Å². The Kier molecular flexibility index (Phi) is 2.59. The first-order chi connectivity index (χ1) is 7.66. The number of benzene rings is 1. The van der Waals surface area contributed by atoms with Crippen molar-refractivity contribution in [3.05, 3.63) is 47.7 Å². The molecular weight excluding hydrogens is 206 g/mol. The van der Waals surface area contributed by atoms with Gasteiger partial charge in [-0.05, 0) is 5.56 Å². The summed E-state index contributed by atoms with van der Waals surface area (Å²) >= 11 is 0. The summed E-state index contributed by atoms with van der Waals surface area (Å²) < 4.78 is 1.52. The summed E-state index contributed by atoms with van der Waals surface area (Å²) in [5.74, 6) is -1.01. The third-order valence-electron chi connectivity index (χ3n) is 2.21. The minimum absolute atomic E-state index is 0.0379. The van der Waals surface area contributed by atoms with E-state index in [-0.39, 0.29) is 11.4 Å². The molecule has 16 heavy (non-hydrogen) atoms. The molecule has 1 aromatic carbocycles. The number of hydrogen-bond donors (Lipinski definition) is 2. The van der Waals surface area contributed by atoms with E-state index in [9.17, 15) is 4.79 Å². The van der Waals surface area contributed by atoms with Crippen molar-refractivity contribution < 1.29 is 9.90 Å². The number of aromatic nitrogens is 2. The minimum atomic E-state index is -1.06. The smallest absolute Gasteiger partial charge is 0.341 e. The van der Waals surface area contributed by atoms with Gasteiger partial charge in [-0.3, -0.25) is 4.68 Å². The molecule has 0 saturated heterocycles. The number of anilines is 1. The second kappa shape index (κ2) is 4.06. The molecule has 2 rings (SSSR count). The maximum atomic E-state index is 10.8. The van der Waals surface area contributed by atoms with Crippen LogP contribution >= 0.6 is 0 Å². The van der Waals surface area contributed by atoms with Crippen LogP contribution in [0.3, 0.4) is 0 Å². The van der Waals surface area contributed by atoms with Crippen molar-refractivity contribution in [2.75, 3.05) is 5.73 Å². The quantitative estimate of drug-likeness (QED) is 0.809. The lowest BCUT2D eigenvalue weighted by molar-refractivity contribution is 0.0698. The van der Waals surface area contributed by atoms with E-state index in [0.717, 1.165) is 5.56 Å². The molecule has 0 spiro atoms. The van der Waals surface area contributed by atoms with Crippen molar-refractivity contribution in [3.8, 4) is 0 Å². The summed E-state index contributed by atoms with van der Waals surface area (Å²) in [6, 6.07) is 9.64. The second-order valence-corrected chi connectivity index (χ2v) is 3.42. The van der Waals surface area contributed by atoms with Crippen LogP contribution in [-0.2, 0) is 6.54 Å². The fourth-order valence-electron chi connectivity index (χ4n) is 1.45. The van der Waals surface area contributed by atoms with Gasteiger partial charge in [0.2, 0.25) is 0 Å². The van der Waals surface area contributed by atoms with Crippen molar-refractivity contribution >= 4 is 11.8 Å². The molecule has 0 aliphatic rings. The SMILES string of the molecule is Nc1nn(Cc2ccccc2)cc1C(=O)O. The summed E-state index contributed by atoms with van der Waals surface area (Å²) in [6.45, 7) is 0.512. The standard InChI is InChI=1S/C11H11N3O2/c12-10-9(11(15)16)7-14(13-10)6-8-4-2-1-3-5-8/h1-5,7H,6H2,(H2,12,13)(H,15,16). The first-order valence-electron chi connectivity index (χ1n) is 4.77. The highest BCUT2D eigenvalue weighted by Crippen LogP contribution is 2.10. The van der Waals surface area contributed by atoms with Crippen molar-refractivity contribution in [2.24, 2.45) is 0 Å². The van der Waals surface area contributed by atoms with Crippen LogP contribution in [0, 0.1) is 0 Å². The average molecular weight is 217 g/mol. The van der Waals surface area contributed by atoms with Crippen LogP contribution in [-0.4, -0.2) is 20.9 Å². The van der Waals surface area contributed by atoms with E-state index in [4.69, 9.17) is 10.8 Å². The number of carbonyl (C=O) groups is 1. The molecule has 1 aromatic heterocycles. The molecule has 82 valence electrons. The fourth-order valence-corrected chi connectivity index (χ4v) is 1.45. The topological polar surface area (TPSA) is 81.1 Å². The Morgan fingerprint density at radius 3 is 2.62 bits per heavy atom.